The highest BCUT2D eigenvalue weighted by Crippen LogP contribution is 2.41. The first-order valence-corrected chi connectivity index (χ1v) is 11.4. The summed E-state index contributed by atoms with van der Waals surface area (Å²) in [6, 6.07) is 8.17. The van der Waals surface area contributed by atoms with Gasteiger partial charge in [0.25, 0.3) is 0 Å². The molecule has 9 nitrogen and oxygen atoms in total. The lowest BCUT2D eigenvalue weighted by atomic mass is 9.84. The van der Waals surface area contributed by atoms with Crippen molar-refractivity contribution in [3.8, 4) is 6.07 Å². The number of nitrogens with zero attached hydrogens (tertiary/aromatic N) is 2. The van der Waals surface area contributed by atoms with Gasteiger partial charge in [-0.1, -0.05) is 6.07 Å². The van der Waals surface area contributed by atoms with E-state index >= 15 is 0 Å². The molecule has 4 atom stereocenters. The largest absolute Gasteiger partial charge is 0.379 e. The molecule has 4 aliphatic heterocycles. The maximum absolute atomic E-state index is 12.9. The fraction of sp³-hybridized carbons (Fsp3) is 0.609. The van der Waals surface area contributed by atoms with E-state index in [-0.39, 0.29) is 29.9 Å². The summed E-state index contributed by atoms with van der Waals surface area (Å²) in [6.45, 7) is 5.62. The Morgan fingerprint density at radius 2 is 2.19 bits per heavy atom. The molecule has 5 rings (SSSR count). The number of ether oxygens (including phenoxy) is 1. The molecule has 4 heterocycles. The predicted octanol–water partition coefficient (Wildman–Crippen LogP) is 1.44. The topological polar surface area (TPSA) is 119 Å². The second kappa shape index (κ2) is 7.73. The van der Waals surface area contributed by atoms with Gasteiger partial charge in [-0.2, -0.15) is 5.26 Å². The molecule has 9 heteroatoms. The van der Waals surface area contributed by atoms with E-state index in [0.717, 1.165) is 36.2 Å². The number of piperidine rings is 1. The van der Waals surface area contributed by atoms with Gasteiger partial charge in [-0.3, -0.25) is 9.59 Å². The summed E-state index contributed by atoms with van der Waals surface area (Å²) in [7, 11) is 0. The Hall–Kier alpha value is -2.67. The van der Waals surface area contributed by atoms with Crippen LogP contribution in [-0.4, -0.2) is 54.3 Å². The average molecular weight is 439 g/mol. The number of amides is 2. The van der Waals surface area contributed by atoms with E-state index in [1.165, 1.54) is 0 Å². The van der Waals surface area contributed by atoms with Gasteiger partial charge in [-0.15, -0.1) is 0 Å². The Morgan fingerprint density at radius 3 is 2.94 bits per heavy atom. The van der Waals surface area contributed by atoms with Crippen LogP contribution in [-0.2, 0) is 19.7 Å². The van der Waals surface area contributed by atoms with Crippen LogP contribution in [0.1, 0.15) is 45.1 Å². The molecule has 2 amide bonds. The number of hydrazine groups is 1. The number of nitriles is 1. The quantitative estimate of drug-likeness (QED) is 0.562. The maximum atomic E-state index is 12.9. The van der Waals surface area contributed by atoms with Gasteiger partial charge < -0.3 is 20.7 Å². The number of rotatable bonds is 4. The maximum Gasteiger partial charge on any atom is 0.234 e. The molecule has 3 unspecified atom stereocenters. The third-order valence-corrected chi connectivity index (χ3v) is 7.48. The van der Waals surface area contributed by atoms with Crippen LogP contribution >= 0.6 is 0 Å². The molecule has 0 radical (unpaired) electrons. The van der Waals surface area contributed by atoms with E-state index in [1.54, 1.807) is 0 Å². The monoisotopic (exact) mass is 438 g/mol. The van der Waals surface area contributed by atoms with Crippen molar-refractivity contribution in [3.05, 3.63) is 23.8 Å². The number of nitrogens with one attached hydrogen (secondary N) is 4. The van der Waals surface area contributed by atoms with Crippen molar-refractivity contribution >= 4 is 23.2 Å². The predicted molar refractivity (Wildman–Crippen MR) is 118 cm³/mol. The first-order valence-electron chi connectivity index (χ1n) is 11.4. The van der Waals surface area contributed by atoms with E-state index in [9.17, 15) is 14.9 Å². The SMILES string of the molecule is CC1(C)C(=O)Nc2cc(NC3NN([C@]4(CC#N)CCCOC4)C4CCNC(=O)C34)ccc21. The number of fused-ring (bicyclic) bond motifs is 2. The van der Waals surface area contributed by atoms with Crippen LogP contribution in [0.5, 0.6) is 0 Å². The normalized spacial score (nSPS) is 33.6. The number of carbonyl (C=O) groups excluding carboxylic acids is 2. The summed E-state index contributed by atoms with van der Waals surface area (Å²) < 4.78 is 5.80. The zero-order valence-corrected chi connectivity index (χ0v) is 18.5. The molecule has 32 heavy (non-hydrogen) atoms. The van der Waals surface area contributed by atoms with Gasteiger partial charge in [-0.25, -0.2) is 10.4 Å². The zero-order chi connectivity index (χ0) is 22.5. The van der Waals surface area contributed by atoms with Crippen LogP contribution in [0.25, 0.3) is 0 Å². The standard InChI is InChI=1S/C23H30N6O3/c1-22(2)15-5-4-14(12-16(15)27-21(22)31)26-19-18-17(6-10-25-20(18)30)29(28-19)23(8-9-24)7-3-11-32-13-23/h4-5,12,17-19,26,28H,3,6-8,10-11,13H2,1-2H3,(H,25,30)(H,27,31)/t17?,18?,19?,23-/m0/s1. The number of anilines is 2. The molecule has 170 valence electrons. The highest BCUT2D eigenvalue weighted by molar-refractivity contribution is 6.06. The van der Waals surface area contributed by atoms with E-state index < -0.39 is 11.0 Å². The van der Waals surface area contributed by atoms with Crippen LogP contribution in [0.4, 0.5) is 11.4 Å². The van der Waals surface area contributed by atoms with Crippen molar-refractivity contribution < 1.29 is 14.3 Å². The second-order valence-electron chi connectivity index (χ2n) is 9.85. The molecular weight excluding hydrogens is 408 g/mol. The lowest BCUT2D eigenvalue weighted by Crippen LogP contribution is -2.61. The Labute approximate surface area is 187 Å². The smallest absolute Gasteiger partial charge is 0.234 e. The minimum Gasteiger partial charge on any atom is -0.379 e. The second-order valence-corrected chi connectivity index (χ2v) is 9.85. The zero-order valence-electron chi connectivity index (χ0n) is 18.5. The van der Waals surface area contributed by atoms with Crippen molar-refractivity contribution in [1.29, 1.82) is 5.26 Å². The number of benzene rings is 1. The van der Waals surface area contributed by atoms with Crippen LogP contribution in [0.3, 0.4) is 0 Å². The summed E-state index contributed by atoms with van der Waals surface area (Å²) in [5, 5.41) is 21.1. The number of hydrogen-bond acceptors (Lipinski definition) is 7. The van der Waals surface area contributed by atoms with Crippen LogP contribution < -0.4 is 21.4 Å². The molecule has 0 aromatic heterocycles. The summed E-state index contributed by atoms with van der Waals surface area (Å²) in [5.74, 6) is -0.314. The first-order chi connectivity index (χ1) is 15.4. The van der Waals surface area contributed by atoms with Gasteiger partial charge in [0.1, 0.15) is 6.17 Å². The third-order valence-electron chi connectivity index (χ3n) is 7.48. The Kier molecular flexibility index (Phi) is 5.12. The minimum absolute atomic E-state index is 0.00758. The lowest BCUT2D eigenvalue weighted by molar-refractivity contribution is -0.130. The Morgan fingerprint density at radius 1 is 1.34 bits per heavy atom. The van der Waals surface area contributed by atoms with Gasteiger partial charge in [0.15, 0.2) is 0 Å². The van der Waals surface area contributed by atoms with Gasteiger partial charge in [0.2, 0.25) is 11.8 Å². The van der Waals surface area contributed by atoms with Crippen molar-refractivity contribution in [2.24, 2.45) is 5.92 Å². The number of carbonyl (C=O) groups is 2. The van der Waals surface area contributed by atoms with Crippen molar-refractivity contribution in [2.45, 2.75) is 62.7 Å². The number of hydrogen-bond donors (Lipinski definition) is 4. The summed E-state index contributed by atoms with van der Waals surface area (Å²) in [6.07, 6.45) is 2.56. The Bertz CT molecular complexity index is 980. The lowest BCUT2D eigenvalue weighted by Gasteiger charge is -2.46. The fourth-order valence-electron chi connectivity index (χ4n) is 5.68. The molecule has 0 bridgehead atoms. The Balaban J connectivity index is 1.43. The molecule has 4 aliphatic rings. The first kappa shape index (κ1) is 21.2. The van der Waals surface area contributed by atoms with Gasteiger partial charge in [-0.05, 0) is 50.8 Å². The molecule has 1 aromatic rings. The minimum atomic E-state index is -0.560. The third kappa shape index (κ3) is 3.25. The molecule has 1 aromatic carbocycles. The van der Waals surface area contributed by atoms with E-state index in [0.29, 0.717) is 26.2 Å². The highest BCUT2D eigenvalue weighted by atomic mass is 16.5. The van der Waals surface area contributed by atoms with E-state index in [1.807, 2.05) is 32.0 Å². The molecule has 0 saturated carbocycles. The van der Waals surface area contributed by atoms with E-state index in [2.05, 4.69) is 32.5 Å². The van der Waals surface area contributed by atoms with Gasteiger partial charge >= 0.3 is 0 Å². The molecule has 3 saturated heterocycles. The molecule has 4 N–H and O–H groups in total. The molecule has 0 spiro atoms. The van der Waals surface area contributed by atoms with Crippen LogP contribution in [0.15, 0.2) is 18.2 Å². The van der Waals surface area contributed by atoms with Gasteiger partial charge in [0.05, 0.1) is 36.0 Å². The summed E-state index contributed by atoms with van der Waals surface area (Å²) >= 11 is 0. The highest BCUT2D eigenvalue weighted by Gasteiger charge is 2.54. The molecule has 0 aliphatic carbocycles. The molecule has 3 fully saturated rings. The van der Waals surface area contributed by atoms with Gasteiger partial charge in [0, 0.05) is 30.6 Å². The fourth-order valence-corrected chi connectivity index (χ4v) is 5.68. The molecular formula is C23H30N6O3. The van der Waals surface area contributed by atoms with Crippen molar-refractivity contribution in [3.63, 3.8) is 0 Å². The van der Waals surface area contributed by atoms with E-state index in [4.69, 9.17) is 4.74 Å². The van der Waals surface area contributed by atoms with Crippen molar-refractivity contribution in [1.82, 2.24) is 15.8 Å². The van der Waals surface area contributed by atoms with Crippen LogP contribution in [0, 0.1) is 17.2 Å². The van der Waals surface area contributed by atoms with Crippen LogP contribution in [0.2, 0.25) is 0 Å². The average Bonchev–Trinajstić information content (AvgIpc) is 3.25. The van der Waals surface area contributed by atoms with Crippen molar-refractivity contribution in [2.75, 3.05) is 30.4 Å². The summed E-state index contributed by atoms with van der Waals surface area (Å²) in [4.78, 5) is 25.2. The summed E-state index contributed by atoms with van der Waals surface area (Å²) in [5.41, 5.74) is 5.13.